The fraction of sp³-hybridized carbons (Fsp3) is 0.138. The summed E-state index contributed by atoms with van der Waals surface area (Å²) in [5, 5.41) is 2.64. The molecule has 5 aliphatic rings. The van der Waals surface area contributed by atoms with Gasteiger partial charge in [-0.1, -0.05) is 141 Å². The number of hydrogen-bond acceptors (Lipinski definition) is 3. The number of fused-ring (bicyclic) bond motifs is 13. The predicted octanol–water partition coefficient (Wildman–Crippen LogP) is 16.0. The van der Waals surface area contributed by atoms with Gasteiger partial charge in [0.2, 0.25) is 0 Å². The van der Waals surface area contributed by atoms with Crippen LogP contribution in [0.4, 0.5) is 28.4 Å². The maximum absolute atomic E-state index is 2.67. The Morgan fingerprint density at radius 3 is 2.08 bits per heavy atom. The van der Waals surface area contributed by atoms with Crippen molar-refractivity contribution >= 4 is 65.5 Å². The third-order valence-electron chi connectivity index (χ3n) is 14.4. The Balaban J connectivity index is 1.07. The molecule has 0 amide bonds. The average molecular weight is 801 g/mol. The van der Waals surface area contributed by atoms with Gasteiger partial charge in [0.15, 0.2) is 0 Å². The van der Waals surface area contributed by atoms with Crippen LogP contribution in [0, 0.1) is 0 Å². The molecule has 3 heteroatoms. The zero-order valence-electron chi connectivity index (χ0n) is 34.5. The first-order valence-corrected chi connectivity index (χ1v) is 22.7. The SMILES string of the molecule is CC1(C)C2=C(CCC=C2)N(c2cccc3c2C2=C(C=CCC2)C32c3ccccc3-c3ccc(N(c4ccccc4)c4ccc5c(c4)sc4ccccc45)cc32)c2ccccc21. The molecule has 292 valence electrons. The highest BCUT2D eigenvalue weighted by Crippen LogP contribution is 2.66. The number of benzene rings is 7. The van der Waals surface area contributed by atoms with E-state index in [0.29, 0.717) is 0 Å². The number of anilines is 5. The molecule has 0 fully saturated rings. The highest BCUT2D eigenvalue weighted by Gasteiger charge is 2.54. The van der Waals surface area contributed by atoms with Gasteiger partial charge < -0.3 is 9.80 Å². The van der Waals surface area contributed by atoms with E-state index in [0.717, 1.165) is 31.4 Å². The van der Waals surface area contributed by atoms with Gasteiger partial charge in [-0.3, -0.25) is 0 Å². The van der Waals surface area contributed by atoms with Crippen LogP contribution in [0.5, 0.6) is 0 Å². The van der Waals surface area contributed by atoms with Crippen LogP contribution in [-0.2, 0) is 10.8 Å². The van der Waals surface area contributed by atoms with Crippen molar-refractivity contribution in [2.45, 2.75) is 50.4 Å². The molecule has 2 heterocycles. The van der Waals surface area contributed by atoms with Crippen molar-refractivity contribution in [1.82, 2.24) is 0 Å². The lowest BCUT2D eigenvalue weighted by Crippen LogP contribution is -2.35. The molecule has 0 radical (unpaired) electrons. The number of hydrogen-bond donors (Lipinski definition) is 0. The van der Waals surface area contributed by atoms with Gasteiger partial charge in [-0.25, -0.2) is 0 Å². The van der Waals surface area contributed by atoms with Gasteiger partial charge in [-0.05, 0) is 130 Å². The fourth-order valence-corrected chi connectivity index (χ4v) is 13.0. The maximum atomic E-state index is 2.67. The molecule has 0 bridgehead atoms. The highest BCUT2D eigenvalue weighted by atomic mass is 32.1. The van der Waals surface area contributed by atoms with E-state index in [4.69, 9.17) is 0 Å². The molecule has 1 aromatic heterocycles. The molecule has 1 atom stereocenters. The zero-order valence-corrected chi connectivity index (χ0v) is 35.3. The number of allylic oxidation sites excluding steroid dienone is 8. The molecular weight excluding hydrogens is 757 g/mol. The first kappa shape index (κ1) is 35.1. The normalized spacial score (nSPS) is 19.0. The number of thiophene rings is 1. The van der Waals surface area contributed by atoms with Gasteiger partial charge in [-0.15, -0.1) is 11.3 Å². The molecule has 2 nitrogen and oxygen atoms in total. The first-order valence-electron chi connectivity index (χ1n) is 21.9. The summed E-state index contributed by atoms with van der Waals surface area (Å²) >= 11 is 1.88. The van der Waals surface area contributed by atoms with Gasteiger partial charge in [0.1, 0.15) is 0 Å². The Morgan fingerprint density at radius 1 is 0.508 bits per heavy atom. The number of para-hydroxylation sites is 2. The summed E-state index contributed by atoms with van der Waals surface area (Å²) in [6.07, 6.45) is 13.9. The summed E-state index contributed by atoms with van der Waals surface area (Å²) in [5.74, 6) is 0. The van der Waals surface area contributed by atoms with Crippen LogP contribution in [-0.4, -0.2) is 0 Å². The minimum Gasteiger partial charge on any atom is -0.313 e. The van der Waals surface area contributed by atoms with E-state index in [-0.39, 0.29) is 5.41 Å². The summed E-state index contributed by atoms with van der Waals surface area (Å²) in [4.78, 5) is 5.13. The Hall–Kier alpha value is -6.68. The monoisotopic (exact) mass is 800 g/mol. The van der Waals surface area contributed by atoms with Crippen LogP contribution in [0.1, 0.15) is 67.3 Å². The molecule has 0 saturated carbocycles. The summed E-state index contributed by atoms with van der Waals surface area (Å²) in [5.41, 5.74) is 21.0. The summed E-state index contributed by atoms with van der Waals surface area (Å²) < 4.78 is 2.63. The van der Waals surface area contributed by atoms with Gasteiger partial charge in [-0.2, -0.15) is 0 Å². The quantitative estimate of drug-likeness (QED) is 0.175. The van der Waals surface area contributed by atoms with E-state index in [1.807, 2.05) is 11.3 Å². The Morgan fingerprint density at radius 2 is 1.18 bits per heavy atom. The third-order valence-corrected chi connectivity index (χ3v) is 15.5. The van der Waals surface area contributed by atoms with Gasteiger partial charge >= 0.3 is 0 Å². The van der Waals surface area contributed by atoms with E-state index < -0.39 is 5.41 Å². The molecule has 0 saturated heterocycles. The van der Waals surface area contributed by atoms with Gasteiger partial charge in [0.25, 0.3) is 0 Å². The molecule has 8 aromatic rings. The Labute approximate surface area is 361 Å². The minimum atomic E-state index is -0.463. The standard InChI is InChI=1S/C58H44N2S/c1-57(2)47-24-11-13-27-51(47)60(52-28-14-12-25-48(52)57)53-29-16-26-49-56(53)44-21-7-10-23-46(44)58(49)45-22-9-6-19-40(45)41-33-31-38(35-50(41)58)59(37-17-4-3-5-18-37)39-32-34-43-42-20-8-15-30-54(42)61-55(43)36-39/h3-6,8-13,15-20,22-27,29-36H,7,14,21,28H2,1-2H3. The van der Waals surface area contributed by atoms with E-state index in [2.05, 4.69) is 206 Å². The van der Waals surface area contributed by atoms with Crippen molar-refractivity contribution in [2.75, 3.05) is 9.80 Å². The van der Waals surface area contributed by atoms with Crippen molar-refractivity contribution < 1.29 is 0 Å². The second-order valence-electron chi connectivity index (χ2n) is 17.8. The van der Waals surface area contributed by atoms with E-state index in [9.17, 15) is 0 Å². The lowest BCUT2D eigenvalue weighted by Gasteiger charge is -2.45. The molecule has 4 aliphatic carbocycles. The first-order chi connectivity index (χ1) is 30.0. The van der Waals surface area contributed by atoms with Crippen LogP contribution in [0.3, 0.4) is 0 Å². The molecule has 7 aromatic carbocycles. The Kier molecular flexibility index (Phi) is 7.43. The van der Waals surface area contributed by atoms with Crippen molar-refractivity contribution in [3.63, 3.8) is 0 Å². The molecule has 1 aliphatic heterocycles. The van der Waals surface area contributed by atoms with Crippen molar-refractivity contribution in [3.05, 3.63) is 227 Å². The van der Waals surface area contributed by atoms with Crippen molar-refractivity contribution in [1.29, 1.82) is 0 Å². The van der Waals surface area contributed by atoms with E-state index >= 15 is 0 Å². The van der Waals surface area contributed by atoms with E-state index in [1.54, 1.807) is 0 Å². The van der Waals surface area contributed by atoms with Crippen LogP contribution in [0.25, 0.3) is 36.9 Å². The van der Waals surface area contributed by atoms with Crippen LogP contribution in [0.15, 0.2) is 199 Å². The molecule has 1 unspecified atom stereocenters. The second kappa shape index (κ2) is 12.9. The molecule has 1 spiro atoms. The maximum Gasteiger partial charge on any atom is 0.0723 e. The third kappa shape index (κ3) is 4.73. The fourth-order valence-electron chi connectivity index (χ4n) is 11.9. The molecule has 13 rings (SSSR count). The number of nitrogens with zero attached hydrogens (tertiary/aromatic N) is 2. The zero-order chi connectivity index (χ0) is 40.5. The predicted molar refractivity (Wildman–Crippen MR) is 258 cm³/mol. The average Bonchev–Trinajstić information content (AvgIpc) is 3.94. The van der Waals surface area contributed by atoms with Gasteiger partial charge in [0, 0.05) is 59.6 Å². The molecular formula is C58H44N2S. The minimum absolute atomic E-state index is 0.0810. The van der Waals surface area contributed by atoms with Crippen LogP contribution < -0.4 is 9.80 Å². The van der Waals surface area contributed by atoms with Crippen LogP contribution in [0.2, 0.25) is 0 Å². The smallest absolute Gasteiger partial charge is 0.0723 e. The molecule has 61 heavy (non-hydrogen) atoms. The summed E-state index contributed by atoms with van der Waals surface area (Å²) in [6, 6.07) is 59.7. The highest BCUT2D eigenvalue weighted by molar-refractivity contribution is 7.25. The van der Waals surface area contributed by atoms with Crippen molar-refractivity contribution in [3.8, 4) is 11.1 Å². The van der Waals surface area contributed by atoms with E-state index in [1.165, 1.54) is 104 Å². The summed E-state index contributed by atoms with van der Waals surface area (Å²) in [6.45, 7) is 4.82. The second-order valence-corrected chi connectivity index (χ2v) is 18.9. The topological polar surface area (TPSA) is 6.48 Å². The van der Waals surface area contributed by atoms with Crippen LogP contribution >= 0.6 is 11.3 Å². The van der Waals surface area contributed by atoms with Gasteiger partial charge in [0.05, 0.1) is 11.1 Å². The number of rotatable bonds is 4. The lowest BCUT2D eigenvalue weighted by atomic mass is 9.69. The summed E-state index contributed by atoms with van der Waals surface area (Å²) in [7, 11) is 0. The lowest BCUT2D eigenvalue weighted by molar-refractivity contribution is 0.603. The molecule has 0 N–H and O–H groups in total. The van der Waals surface area contributed by atoms with Crippen molar-refractivity contribution in [2.24, 2.45) is 0 Å². The largest absolute Gasteiger partial charge is 0.313 e. The Bertz CT molecular complexity index is 3300.